The lowest BCUT2D eigenvalue weighted by Crippen LogP contribution is -2.28. The Balaban J connectivity index is 2.56. The van der Waals surface area contributed by atoms with Crippen LogP contribution in [0.25, 0.3) is 0 Å². The number of nitrogens with zero attached hydrogens (tertiary/aromatic N) is 1. The van der Waals surface area contributed by atoms with E-state index in [1.807, 2.05) is 14.0 Å². The SMILES string of the molecule is CCNC(CCN(C)CCCOC)c1cc(F)cc(F)c1. The lowest BCUT2D eigenvalue weighted by atomic mass is 10.0. The van der Waals surface area contributed by atoms with E-state index in [0.717, 1.165) is 45.1 Å². The summed E-state index contributed by atoms with van der Waals surface area (Å²) in [5.41, 5.74) is 0.666. The van der Waals surface area contributed by atoms with E-state index in [9.17, 15) is 8.78 Å². The molecule has 1 rings (SSSR count). The highest BCUT2D eigenvalue weighted by Gasteiger charge is 2.13. The molecule has 3 nitrogen and oxygen atoms in total. The number of benzene rings is 1. The number of halogens is 2. The van der Waals surface area contributed by atoms with Crippen LogP contribution in [0.5, 0.6) is 0 Å². The van der Waals surface area contributed by atoms with E-state index in [4.69, 9.17) is 4.74 Å². The minimum atomic E-state index is -0.527. The second-order valence-electron chi connectivity index (χ2n) is 5.25. The van der Waals surface area contributed by atoms with Gasteiger partial charge in [0.2, 0.25) is 0 Å². The molecule has 0 spiro atoms. The fraction of sp³-hybridized carbons (Fsp3) is 0.625. The molecule has 21 heavy (non-hydrogen) atoms. The molecule has 120 valence electrons. The third-order valence-corrected chi connectivity index (χ3v) is 3.43. The molecule has 1 unspecified atom stereocenters. The van der Waals surface area contributed by atoms with Crippen LogP contribution >= 0.6 is 0 Å². The summed E-state index contributed by atoms with van der Waals surface area (Å²) in [6.45, 7) is 5.31. The summed E-state index contributed by atoms with van der Waals surface area (Å²) in [5.74, 6) is -1.05. The molecule has 0 fully saturated rings. The van der Waals surface area contributed by atoms with Crippen molar-refractivity contribution in [1.82, 2.24) is 10.2 Å². The third-order valence-electron chi connectivity index (χ3n) is 3.43. The molecular weight excluding hydrogens is 274 g/mol. The van der Waals surface area contributed by atoms with Gasteiger partial charge in [-0.25, -0.2) is 8.78 Å². The van der Waals surface area contributed by atoms with Crippen LogP contribution in [0.15, 0.2) is 18.2 Å². The zero-order valence-corrected chi connectivity index (χ0v) is 13.2. The Labute approximate surface area is 126 Å². The topological polar surface area (TPSA) is 24.5 Å². The monoisotopic (exact) mass is 300 g/mol. The van der Waals surface area contributed by atoms with E-state index in [1.54, 1.807) is 7.11 Å². The summed E-state index contributed by atoms with van der Waals surface area (Å²) in [4.78, 5) is 2.21. The van der Waals surface area contributed by atoms with Gasteiger partial charge < -0.3 is 15.0 Å². The largest absolute Gasteiger partial charge is 0.385 e. The molecule has 0 aliphatic rings. The maximum atomic E-state index is 13.3. The van der Waals surface area contributed by atoms with Gasteiger partial charge in [-0.2, -0.15) is 0 Å². The molecule has 0 heterocycles. The first kappa shape index (κ1) is 18.0. The summed E-state index contributed by atoms with van der Waals surface area (Å²) in [7, 11) is 3.74. The quantitative estimate of drug-likeness (QED) is 0.672. The summed E-state index contributed by atoms with van der Waals surface area (Å²) in [5, 5.41) is 3.29. The van der Waals surface area contributed by atoms with E-state index in [1.165, 1.54) is 12.1 Å². The van der Waals surface area contributed by atoms with Crippen LogP contribution in [-0.2, 0) is 4.74 Å². The average molecular weight is 300 g/mol. The average Bonchev–Trinajstić information content (AvgIpc) is 2.42. The van der Waals surface area contributed by atoms with Crippen molar-refractivity contribution in [3.05, 3.63) is 35.4 Å². The Morgan fingerprint density at radius 1 is 1.19 bits per heavy atom. The van der Waals surface area contributed by atoms with Crippen molar-refractivity contribution in [1.29, 1.82) is 0 Å². The summed E-state index contributed by atoms with van der Waals surface area (Å²) in [6, 6.07) is 3.68. The molecule has 0 aliphatic heterocycles. The predicted molar refractivity (Wildman–Crippen MR) is 81.4 cm³/mol. The molecule has 0 bridgehead atoms. The standard InChI is InChI=1S/C16H26F2N2O/c1-4-19-16(6-8-20(2)7-5-9-21-3)13-10-14(17)12-15(18)11-13/h10-12,16,19H,4-9H2,1-3H3. The fourth-order valence-electron chi connectivity index (χ4n) is 2.35. The number of rotatable bonds is 10. The Bertz CT molecular complexity index is 395. The highest BCUT2D eigenvalue weighted by atomic mass is 19.1. The van der Waals surface area contributed by atoms with E-state index >= 15 is 0 Å². The van der Waals surface area contributed by atoms with Gasteiger partial charge in [-0.15, -0.1) is 0 Å². The second kappa shape index (κ2) is 9.82. The van der Waals surface area contributed by atoms with E-state index in [2.05, 4.69) is 10.2 Å². The van der Waals surface area contributed by atoms with Crippen molar-refractivity contribution in [2.24, 2.45) is 0 Å². The van der Waals surface area contributed by atoms with Gasteiger partial charge >= 0.3 is 0 Å². The van der Waals surface area contributed by atoms with Crippen molar-refractivity contribution in [2.75, 3.05) is 40.4 Å². The van der Waals surface area contributed by atoms with E-state index in [0.29, 0.717) is 5.56 Å². The predicted octanol–water partition coefficient (Wildman–Crippen LogP) is 2.97. The van der Waals surface area contributed by atoms with Crippen LogP contribution in [0.2, 0.25) is 0 Å². The van der Waals surface area contributed by atoms with Gasteiger partial charge in [-0.05, 0) is 50.7 Å². The normalized spacial score (nSPS) is 12.9. The maximum Gasteiger partial charge on any atom is 0.126 e. The van der Waals surface area contributed by atoms with Gasteiger partial charge in [0.1, 0.15) is 11.6 Å². The van der Waals surface area contributed by atoms with Gasteiger partial charge in [0.15, 0.2) is 0 Å². The highest BCUT2D eigenvalue weighted by molar-refractivity contribution is 5.21. The molecule has 0 amide bonds. The van der Waals surface area contributed by atoms with Gasteiger partial charge in [-0.1, -0.05) is 6.92 Å². The van der Waals surface area contributed by atoms with Crippen LogP contribution in [0.4, 0.5) is 8.78 Å². The van der Waals surface area contributed by atoms with Crippen LogP contribution in [0.3, 0.4) is 0 Å². The molecular formula is C16H26F2N2O. The van der Waals surface area contributed by atoms with Crippen molar-refractivity contribution in [2.45, 2.75) is 25.8 Å². The third kappa shape index (κ3) is 6.98. The summed E-state index contributed by atoms with van der Waals surface area (Å²) >= 11 is 0. The molecule has 0 aliphatic carbocycles. The zero-order valence-electron chi connectivity index (χ0n) is 13.2. The number of nitrogens with one attached hydrogen (secondary N) is 1. The lowest BCUT2D eigenvalue weighted by Gasteiger charge is -2.23. The first-order chi connectivity index (χ1) is 10.1. The Hall–Kier alpha value is -1.04. The van der Waals surface area contributed by atoms with Crippen LogP contribution < -0.4 is 5.32 Å². The highest BCUT2D eigenvalue weighted by Crippen LogP contribution is 2.19. The number of hydrogen-bond donors (Lipinski definition) is 1. The van der Waals surface area contributed by atoms with Crippen LogP contribution in [0.1, 0.15) is 31.4 Å². The second-order valence-corrected chi connectivity index (χ2v) is 5.25. The minimum Gasteiger partial charge on any atom is -0.385 e. The first-order valence-corrected chi connectivity index (χ1v) is 7.43. The van der Waals surface area contributed by atoms with Gasteiger partial charge in [0.05, 0.1) is 0 Å². The number of ether oxygens (including phenoxy) is 1. The van der Waals surface area contributed by atoms with Gasteiger partial charge in [-0.3, -0.25) is 0 Å². The molecule has 1 aromatic rings. The molecule has 5 heteroatoms. The maximum absolute atomic E-state index is 13.3. The minimum absolute atomic E-state index is 0.0370. The number of hydrogen-bond acceptors (Lipinski definition) is 3. The van der Waals surface area contributed by atoms with Gasteiger partial charge in [0, 0.05) is 32.4 Å². The molecule has 0 saturated heterocycles. The number of methoxy groups -OCH3 is 1. The van der Waals surface area contributed by atoms with Crippen molar-refractivity contribution >= 4 is 0 Å². The van der Waals surface area contributed by atoms with E-state index in [-0.39, 0.29) is 6.04 Å². The molecule has 1 atom stereocenters. The van der Waals surface area contributed by atoms with Crippen molar-refractivity contribution in [3.8, 4) is 0 Å². The lowest BCUT2D eigenvalue weighted by molar-refractivity contribution is 0.178. The van der Waals surface area contributed by atoms with E-state index < -0.39 is 11.6 Å². The van der Waals surface area contributed by atoms with Gasteiger partial charge in [0.25, 0.3) is 0 Å². The molecule has 0 saturated carbocycles. The van der Waals surface area contributed by atoms with Crippen molar-refractivity contribution < 1.29 is 13.5 Å². The van der Waals surface area contributed by atoms with Crippen LogP contribution in [0, 0.1) is 11.6 Å². The molecule has 1 aromatic carbocycles. The first-order valence-electron chi connectivity index (χ1n) is 7.43. The van der Waals surface area contributed by atoms with Crippen molar-refractivity contribution in [3.63, 3.8) is 0 Å². The molecule has 1 N–H and O–H groups in total. The summed E-state index contributed by atoms with van der Waals surface area (Å²) in [6.07, 6.45) is 1.79. The Morgan fingerprint density at radius 2 is 1.86 bits per heavy atom. The summed E-state index contributed by atoms with van der Waals surface area (Å²) < 4.78 is 31.7. The Kier molecular flexibility index (Phi) is 8.42. The fourth-order valence-corrected chi connectivity index (χ4v) is 2.35. The Morgan fingerprint density at radius 3 is 2.43 bits per heavy atom. The molecule has 0 aromatic heterocycles. The molecule has 0 radical (unpaired) electrons. The zero-order chi connectivity index (χ0) is 15.7. The van der Waals surface area contributed by atoms with Crippen LogP contribution in [-0.4, -0.2) is 45.3 Å². The smallest absolute Gasteiger partial charge is 0.126 e.